The predicted molar refractivity (Wildman–Crippen MR) is 104 cm³/mol. The lowest BCUT2D eigenvalue weighted by molar-refractivity contribution is -0.113. The molecule has 0 saturated heterocycles. The van der Waals surface area contributed by atoms with Crippen molar-refractivity contribution in [3.8, 4) is 5.69 Å². The molecule has 7 heteroatoms. The first-order chi connectivity index (χ1) is 12.6. The number of benzene rings is 2. The molecule has 1 amide bonds. The summed E-state index contributed by atoms with van der Waals surface area (Å²) in [5.74, 6) is 0.168. The maximum atomic E-state index is 12.4. The summed E-state index contributed by atoms with van der Waals surface area (Å²) in [4.78, 5) is 12.4. The third-order valence-corrected chi connectivity index (χ3v) is 4.98. The summed E-state index contributed by atoms with van der Waals surface area (Å²) < 4.78 is 1.64. The molecule has 0 aliphatic carbocycles. The van der Waals surface area contributed by atoms with Gasteiger partial charge in [-0.25, -0.2) is 0 Å². The fourth-order valence-corrected chi connectivity index (χ4v) is 3.32. The third-order valence-electron chi connectivity index (χ3n) is 4.06. The summed E-state index contributed by atoms with van der Waals surface area (Å²) in [6.07, 6.45) is 0.871. The number of nitrogens with zero attached hydrogens (tertiary/aromatic N) is 4. The van der Waals surface area contributed by atoms with Crippen LogP contribution in [0.5, 0.6) is 0 Å². The number of thioether (sulfide) groups is 1. The van der Waals surface area contributed by atoms with E-state index in [1.807, 2.05) is 56.3 Å². The molecule has 3 aromatic rings. The first kappa shape index (κ1) is 18.1. The van der Waals surface area contributed by atoms with Gasteiger partial charge in [0, 0.05) is 5.69 Å². The molecule has 3 rings (SSSR count). The Bertz CT molecular complexity index is 905. The molecule has 0 fully saturated rings. The van der Waals surface area contributed by atoms with E-state index in [1.165, 1.54) is 17.3 Å². The molecule has 0 unspecified atom stereocenters. The standard InChI is InChI=1S/C19H21N5OS/c1-4-15-7-5-6-14(3)18(15)20-17(25)12-26-19-21-22-23-24(19)16-10-8-13(2)9-11-16/h5-11H,4,12H2,1-3H3,(H,20,25). The molecule has 0 aliphatic rings. The van der Waals surface area contributed by atoms with Crippen LogP contribution in [0.25, 0.3) is 5.69 Å². The summed E-state index contributed by atoms with van der Waals surface area (Å²) in [5, 5.41) is 15.4. The van der Waals surface area contributed by atoms with Gasteiger partial charge in [-0.05, 0) is 54.0 Å². The summed E-state index contributed by atoms with van der Waals surface area (Å²) in [5.41, 5.74) is 5.13. The Balaban J connectivity index is 1.68. The number of amides is 1. The number of nitrogens with one attached hydrogen (secondary N) is 1. The minimum Gasteiger partial charge on any atom is -0.325 e. The van der Waals surface area contributed by atoms with E-state index in [-0.39, 0.29) is 11.7 Å². The fraction of sp³-hybridized carbons (Fsp3) is 0.263. The molecule has 0 radical (unpaired) electrons. The molecule has 0 saturated carbocycles. The zero-order chi connectivity index (χ0) is 18.5. The van der Waals surface area contributed by atoms with Crippen molar-refractivity contribution in [2.24, 2.45) is 0 Å². The molecule has 2 aromatic carbocycles. The Morgan fingerprint density at radius 2 is 1.92 bits per heavy atom. The minimum atomic E-state index is -0.0718. The predicted octanol–water partition coefficient (Wildman–Crippen LogP) is 3.57. The number of anilines is 1. The van der Waals surface area contributed by atoms with Crippen LogP contribution in [0.15, 0.2) is 47.6 Å². The van der Waals surface area contributed by atoms with Crippen LogP contribution in [0.1, 0.15) is 23.6 Å². The molecular weight excluding hydrogens is 346 g/mol. The van der Waals surface area contributed by atoms with Crippen molar-refractivity contribution in [3.05, 3.63) is 59.2 Å². The Labute approximate surface area is 157 Å². The van der Waals surface area contributed by atoms with E-state index in [4.69, 9.17) is 0 Å². The molecule has 6 nitrogen and oxygen atoms in total. The Kier molecular flexibility index (Phi) is 5.68. The van der Waals surface area contributed by atoms with Crippen molar-refractivity contribution >= 4 is 23.4 Å². The Morgan fingerprint density at radius 1 is 1.15 bits per heavy atom. The summed E-state index contributed by atoms with van der Waals surface area (Å²) >= 11 is 1.31. The van der Waals surface area contributed by atoms with Crippen LogP contribution < -0.4 is 5.32 Å². The number of carbonyl (C=O) groups excluding carboxylic acids is 1. The molecular formula is C19H21N5OS. The zero-order valence-corrected chi connectivity index (χ0v) is 15.9. The number of hydrogen-bond donors (Lipinski definition) is 1. The largest absolute Gasteiger partial charge is 0.325 e. The number of para-hydroxylation sites is 1. The Morgan fingerprint density at radius 3 is 2.65 bits per heavy atom. The molecule has 1 aromatic heterocycles. The van der Waals surface area contributed by atoms with Crippen molar-refractivity contribution in [2.45, 2.75) is 32.3 Å². The van der Waals surface area contributed by atoms with Crippen LogP contribution in [0, 0.1) is 13.8 Å². The summed E-state index contributed by atoms with van der Waals surface area (Å²) in [6, 6.07) is 14.0. The maximum Gasteiger partial charge on any atom is 0.234 e. The van der Waals surface area contributed by atoms with Gasteiger partial charge in [0.1, 0.15) is 0 Å². The number of tetrazole rings is 1. The highest BCUT2D eigenvalue weighted by atomic mass is 32.2. The average molecular weight is 367 g/mol. The van der Waals surface area contributed by atoms with Crippen LogP contribution >= 0.6 is 11.8 Å². The van der Waals surface area contributed by atoms with Crippen molar-refractivity contribution in [2.75, 3.05) is 11.1 Å². The third kappa shape index (κ3) is 4.11. The van der Waals surface area contributed by atoms with E-state index in [1.54, 1.807) is 4.68 Å². The summed E-state index contributed by atoms with van der Waals surface area (Å²) in [6.45, 7) is 6.11. The van der Waals surface area contributed by atoms with Gasteiger partial charge in [0.2, 0.25) is 11.1 Å². The topological polar surface area (TPSA) is 72.7 Å². The lowest BCUT2D eigenvalue weighted by Crippen LogP contribution is -2.16. The van der Waals surface area contributed by atoms with E-state index in [2.05, 4.69) is 27.8 Å². The first-order valence-corrected chi connectivity index (χ1v) is 9.43. The average Bonchev–Trinajstić information content (AvgIpc) is 3.11. The molecule has 134 valence electrons. The highest BCUT2D eigenvalue weighted by Crippen LogP contribution is 2.23. The molecule has 26 heavy (non-hydrogen) atoms. The van der Waals surface area contributed by atoms with Gasteiger partial charge in [-0.1, -0.05) is 54.6 Å². The van der Waals surface area contributed by atoms with Gasteiger partial charge in [0.15, 0.2) is 0 Å². The van der Waals surface area contributed by atoms with E-state index in [0.29, 0.717) is 5.16 Å². The van der Waals surface area contributed by atoms with Gasteiger partial charge in [0.05, 0.1) is 11.4 Å². The van der Waals surface area contributed by atoms with Gasteiger partial charge in [-0.2, -0.15) is 4.68 Å². The second-order valence-corrected chi connectivity index (χ2v) is 6.95. The highest BCUT2D eigenvalue weighted by Gasteiger charge is 2.13. The second kappa shape index (κ2) is 8.14. The molecule has 0 bridgehead atoms. The number of aromatic nitrogens is 4. The van der Waals surface area contributed by atoms with Gasteiger partial charge >= 0.3 is 0 Å². The van der Waals surface area contributed by atoms with Gasteiger partial charge in [-0.3, -0.25) is 4.79 Å². The smallest absolute Gasteiger partial charge is 0.234 e. The van der Waals surface area contributed by atoms with E-state index in [9.17, 15) is 4.79 Å². The van der Waals surface area contributed by atoms with Crippen LogP contribution in [-0.2, 0) is 11.2 Å². The van der Waals surface area contributed by atoms with Crippen LogP contribution in [0.2, 0.25) is 0 Å². The fourth-order valence-electron chi connectivity index (χ4n) is 2.62. The highest BCUT2D eigenvalue weighted by molar-refractivity contribution is 7.99. The first-order valence-electron chi connectivity index (χ1n) is 8.45. The van der Waals surface area contributed by atoms with Gasteiger partial charge in [0.25, 0.3) is 0 Å². The van der Waals surface area contributed by atoms with E-state index < -0.39 is 0 Å². The number of hydrogen-bond acceptors (Lipinski definition) is 5. The maximum absolute atomic E-state index is 12.4. The SMILES string of the molecule is CCc1cccc(C)c1NC(=O)CSc1nnnn1-c1ccc(C)cc1. The lowest BCUT2D eigenvalue weighted by atomic mass is 10.1. The monoisotopic (exact) mass is 367 g/mol. The zero-order valence-electron chi connectivity index (χ0n) is 15.1. The number of rotatable bonds is 6. The van der Waals surface area contributed by atoms with Gasteiger partial charge < -0.3 is 5.32 Å². The van der Waals surface area contributed by atoms with Crippen LogP contribution in [0.4, 0.5) is 5.69 Å². The Hall–Kier alpha value is -2.67. The van der Waals surface area contributed by atoms with Crippen molar-refractivity contribution in [1.29, 1.82) is 0 Å². The number of carbonyl (C=O) groups is 1. The van der Waals surface area contributed by atoms with Crippen LogP contribution in [-0.4, -0.2) is 31.9 Å². The molecule has 0 aliphatic heterocycles. The lowest BCUT2D eigenvalue weighted by Gasteiger charge is -2.12. The van der Waals surface area contributed by atoms with Crippen LogP contribution in [0.3, 0.4) is 0 Å². The van der Waals surface area contributed by atoms with Gasteiger partial charge in [-0.15, -0.1) is 5.10 Å². The van der Waals surface area contributed by atoms with Crippen molar-refractivity contribution in [3.63, 3.8) is 0 Å². The van der Waals surface area contributed by atoms with Crippen molar-refractivity contribution in [1.82, 2.24) is 20.2 Å². The van der Waals surface area contributed by atoms with Crippen molar-refractivity contribution < 1.29 is 4.79 Å². The quantitative estimate of drug-likeness (QED) is 0.674. The molecule has 0 spiro atoms. The van der Waals surface area contributed by atoms with E-state index in [0.717, 1.165) is 28.9 Å². The summed E-state index contributed by atoms with van der Waals surface area (Å²) in [7, 11) is 0. The minimum absolute atomic E-state index is 0.0718. The normalized spacial score (nSPS) is 10.7. The molecule has 1 heterocycles. The second-order valence-electron chi connectivity index (χ2n) is 6.01. The number of aryl methyl sites for hydroxylation is 3. The molecule has 0 atom stereocenters. The van der Waals surface area contributed by atoms with E-state index >= 15 is 0 Å². The molecule has 1 N–H and O–H groups in total.